The molecule has 1 aliphatic rings. The predicted octanol–water partition coefficient (Wildman–Crippen LogP) is 3.30. The quantitative estimate of drug-likeness (QED) is 0.832. The third-order valence-corrected chi connectivity index (χ3v) is 4.65. The van der Waals surface area contributed by atoms with Crippen molar-refractivity contribution in [2.45, 2.75) is 38.5 Å². The lowest BCUT2D eigenvalue weighted by Gasteiger charge is -2.37. The third-order valence-electron chi connectivity index (χ3n) is 4.65. The molecule has 0 aliphatic carbocycles. The van der Waals surface area contributed by atoms with Crippen LogP contribution in [-0.2, 0) is 12.7 Å². The van der Waals surface area contributed by atoms with Gasteiger partial charge in [-0.15, -0.1) is 0 Å². The Bertz CT molecular complexity index is 732. The number of piperidine rings is 1. The number of halogens is 3. The molecule has 0 spiro atoms. The Hall–Kier alpha value is -2.22. The Morgan fingerprint density at radius 1 is 1.23 bits per heavy atom. The Morgan fingerprint density at radius 3 is 2.69 bits per heavy atom. The molecule has 1 unspecified atom stereocenters. The van der Waals surface area contributed by atoms with Crippen molar-refractivity contribution in [2.75, 3.05) is 25.0 Å². The van der Waals surface area contributed by atoms with Crippen molar-refractivity contribution in [3.63, 3.8) is 0 Å². The molecular weight excluding hydrogens is 343 g/mol. The Kier molecular flexibility index (Phi) is 5.41. The molecule has 140 valence electrons. The third kappa shape index (κ3) is 4.49. The van der Waals surface area contributed by atoms with E-state index in [1.807, 2.05) is 20.0 Å². The number of hydrogen-bond acceptors (Lipinski definition) is 5. The summed E-state index contributed by atoms with van der Waals surface area (Å²) in [7, 11) is 1.99. The maximum atomic E-state index is 12.6. The van der Waals surface area contributed by atoms with Gasteiger partial charge in [0.1, 0.15) is 5.69 Å². The van der Waals surface area contributed by atoms with E-state index in [-0.39, 0.29) is 6.04 Å². The van der Waals surface area contributed by atoms with Crippen molar-refractivity contribution in [3.8, 4) is 0 Å². The van der Waals surface area contributed by atoms with Crippen LogP contribution in [0.3, 0.4) is 0 Å². The average molecular weight is 365 g/mol. The van der Waals surface area contributed by atoms with Crippen LogP contribution in [0.2, 0.25) is 0 Å². The van der Waals surface area contributed by atoms with Gasteiger partial charge in [-0.2, -0.15) is 13.2 Å². The highest BCUT2D eigenvalue weighted by Crippen LogP contribution is 2.27. The second kappa shape index (κ2) is 7.57. The van der Waals surface area contributed by atoms with E-state index in [2.05, 4.69) is 24.8 Å². The van der Waals surface area contributed by atoms with Gasteiger partial charge in [0.15, 0.2) is 0 Å². The zero-order valence-electron chi connectivity index (χ0n) is 14.9. The van der Waals surface area contributed by atoms with Gasteiger partial charge in [0.25, 0.3) is 0 Å². The van der Waals surface area contributed by atoms with Gasteiger partial charge in [-0.05, 0) is 44.0 Å². The SMILES string of the molecule is Cc1ccnc(N(C)C2CCCN(Cc3ccc(C(F)(F)F)nc3)C2)n1. The topological polar surface area (TPSA) is 45.2 Å². The summed E-state index contributed by atoms with van der Waals surface area (Å²) in [4.78, 5) is 16.7. The molecule has 2 aromatic rings. The predicted molar refractivity (Wildman–Crippen MR) is 92.7 cm³/mol. The fourth-order valence-electron chi connectivity index (χ4n) is 3.20. The molecule has 0 aromatic carbocycles. The van der Waals surface area contributed by atoms with E-state index in [1.54, 1.807) is 6.20 Å². The molecule has 0 bridgehead atoms. The largest absolute Gasteiger partial charge is 0.433 e. The summed E-state index contributed by atoms with van der Waals surface area (Å²) in [6.07, 6.45) is 0.734. The number of alkyl halides is 3. The van der Waals surface area contributed by atoms with E-state index in [9.17, 15) is 13.2 Å². The van der Waals surface area contributed by atoms with Crippen LogP contribution in [0.15, 0.2) is 30.6 Å². The van der Waals surface area contributed by atoms with Crippen molar-refractivity contribution >= 4 is 5.95 Å². The number of pyridine rings is 1. The van der Waals surface area contributed by atoms with Crippen molar-refractivity contribution < 1.29 is 13.2 Å². The number of likely N-dealkylation sites (N-methyl/N-ethyl adjacent to an activating group) is 1. The van der Waals surface area contributed by atoms with E-state index in [1.165, 1.54) is 12.3 Å². The maximum Gasteiger partial charge on any atom is 0.433 e. The maximum absolute atomic E-state index is 12.6. The van der Waals surface area contributed by atoms with Crippen molar-refractivity contribution in [1.29, 1.82) is 0 Å². The van der Waals surface area contributed by atoms with Crippen LogP contribution in [-0.4, -0.2) is 46.0 Å². The highest BCUT2D eigenvalue weighted by molar-refractivity contribution is 5.31. The van der Waals surface area contributed by atoms with Gasteiger partial charge in [0, 0.05) is 44.3 Å². The molecule has 0 saturated carbocycles. The second-order valence-electron chi connectivity index (χ2n) is 6.69. The minimum absolute atomic E-state index is 0.271. The molecule has 1 atom stereocenters. The van der Waals surface area contributed by atoms with E-state index in [0.717, 1.165) is 43.3 Å². The summed E-state index contributed by atoms with van der Waals surface area (Å²) in [6.45, 7) is 4.25. The summed E-state index contributed by atoms with van der Waals surface area (Å²) in [6, 6.07) is 4.69. The van der Waals surface area contributed by atoms with E-state index >= 15 is 0 Å². The normalized spacial score (nSPS) is 18.7. The van der Waals surface area contributed by atoms with Crippen LogP contribution in [0.4, 0.5) is 19.1 Å². The molecule has 26 heavy (non-hydrogen) atoms. The first-order valence-electron chi connectivity index (χ1n) is 8.60. The van der Waals surface area contributed by atoms with Crippen LogP contribution in [0.5, 0.6) is 0 Å². The van der Waals surface area contributed by atoms with Gasteiger partial charge < -0.3 is 4.90 Å². The van der Waals surface area contributed by atoms with E-state index in [4.69, 9.17) is 0 Å². The molecule has 3 rings (SSSR count). The highest BCUT2D eigenvalue weighted by Gasteiger charge is 2.32. The number of rotatable bonds is 4. The van der Waals surface area contributed by atoms with Gasteiger partial charge in [-0.1, -0.05) is 6.07 Å². The first-order chi connectivity index (χ1) is 12.3. The van der Waals surface area contributed by atoms with Crippen LogP contribution >= 0.6 is 0 Å². The molecule has 2 aromatic heterocycles. The van der Waals surface area contributed by atoms with Crippen molar-refractivity contribution in [1.82, 2.24) is 19.9 Å². The van der Waals surface area contributed by atoms with E-state index < -0.39 is 11.9 Å². The standard InChI is InChI=1S/C18H22F3N5/c1-13-7-8-22-17(24-13)25(2)15-4-3-9-26(12-15)11-14-5-6-16(23-10-14)18(19,20)21/h5-8,10,15H,3-4,9,11-12H2,1-2H3. The minimum Gasteiger partial charge on any atom is -0.340 e. The fraction of sp³-hybridized carbons (Fsp3) is 0.500. The lowest BCUT2D eigenvalue weighted by Crippen LogP contribution is -2.46. The Labute approximate surface area is 150 Å². The summed E-state index contributed by atoms with van der Waals surface area (Å²) in [5, 5.41) is 0. The minimum atomic E-state index is -4.40. The van der Waals surface area contributed by atoms with Crippen LogP contribution in [0.25, 0.3) is 0 Å². The average Bonchev–Trinajstić information content (AvgIpc) is 2.61. The number of likely N-dealkylation sites (tertiary alicyclic amines) is 1. The summed E-state index contributed by atoms with van der Waals surface area (Å²) in [5.41, 5.74) is 0.854. The van der Waals surface area contributed by atoms with Crippen LogP contribution in [0.1, 0.15) is 29.8 Å². The number of aromatic nitrogens is 3. The zero-order valence-corrected chi connectivity index (χ0v) is 14.9. The molecule has 0 N–H and O–H groups in total. The second-order valence-corrected chi connectivity index (χ2v) is 6.69. The van der Waals surface area contributed by atoms with Gasteiger partial charge >= 0.3 is 6.18 Å². The first kappa shape index (κ1) is 18.6. The summed E-state index contributed by atoms with van der Waals surface area (Å²) in [5.74, 6) is 0.702. The zero-order chi connectivity index (χ0) is 18.7. The number of nitrogens with zero attached hydrogens (tertiary/aromatic N) is 5. The van der Waals surface area contributed by atoms with Crippen LogP contribution in [0, 0.1) is 6.92 Å². The van der Waals surface area contributed by atoms with Gasteiger partial charge in [0.05, 0.1) is 0 Å². The summed E-state index contributed by atoms with van der Waals surface area (Å²) < 4.78 is 37.9. The van der Waals surface area contributed by atoms with Gasteiger partial charge in [-0.25, -0.2) is 9.97 Å². The van der Waals surface area contributed by atoms with E-state index in [0.29, 0.717) is 12.5 Å². The van der Waals surface area contributed by atoms with Crippen molar-refractivity contribution in [3.05, 3.63) is 47.5 Å². The van der Waals surface area contributed by atoms with Crippen LogP contribution < -0.4 is 4.90 Å². The fourth-order valence-corrected chi connectivity index (χ4v) is 3.20. The first-order valence-corrected chi connectivity index (χ1v) is 8.60. The molecule has 0 amide bonds. The lowest BCUT2D eigenvalue weighted by atomic mass is 10.0. The Morgan fingerprint density at radius 2 is 2.04 bits per heavy atom. The highest BCUT2D eigenvalue weighted by atomic mass is 19.4. The monoisotopic (exact) mass is 365 g/mol. The molecular formula is C18H22F3N5. The van der Waals surface area contributed by atoms with Crippen molar-refractivity contribution in [2.24, 2.45) is 0 Å². The molecule has 5 nitrogen and oxygen atoms in total. The molecule has 0 radical (unpaired) electrons. The Balaban J connectivity index is 1.63. The molecule has 1 fully saturated rings. The molecule has 1 aliphatic heterocycles. The number of anilines is 1. The van der Waals surface area contributed by atoms with Gasteiger partial charge in [-0.3, -0.25) is 9.88 Å². The molecule has 8 heteroatoms. The number of aryl methyl sites for hydroxylation is 1. The number of hydrogen-bond donors (Lipinski definition) is 0. The molecule has 3 heterocycles. The summed E-state index contributed by atoms with van der Waals surface area (Å²) >= 11 is 0. The van der Waals surface area contributed by atoms with Gasteiger partial charge in [0.2, 0.25) is 5.95 Å². The smallest absolute Gasteiger partial charge is 0.340 e. The molecule has 1 saturated heterocycles. The lowest BCUT2D eigenvalue weighted by molar-refractivity contribution is -0.141.